The summed E-state index contributed by atoms with van der Waals surface area (Å²) in [7, 11) is 0. The Bertz CT molecular complexity index is 756. The molecule has 6 heteroatoms. The number of nitro benzene ring substituents is 1. The molecule has 0 atom stereocenters. The van der Waals surface area contributed by atoms with Gasteiger partial charge in [0.05, 0.1) is 22.2 Å². The lowest BCUT2D eigenvalue weighted by molar-refractivity contribution is -0.385. The molecule has 1 aliphatic heterocycles. The first-order valence-corrected chi connectivity index (χ1v) is 6.88. The summed E-state index contributed by atoms with van der Waals surface area (Å²) in [5.41, 5.74) is 2.25. The van der Waals surface area contributed by atoms with Gasteiger partial charge in [0.25, 0.3) is 5.69 Å². The van der Waals surface area contributed by atoms with Gasteiger partial charge in [0, 0.05) is 6.21 Å². The number of nitrogens with zero attached hydrogens (tertiary/aromatic N) is 2. The minimum atomic E-state index is -0.453. The highest BCUT2D eigenvalue weighted by atomic mass is 16.7. The Kier molecular flexibility index (Phi) is 3.74. The Morgan fingerprint density at radius 2 is 2.05 bits per heavy atom. The monoisotopic (exact) mass is 298 g/mol. The third kappa shape index (κ3) is 2.76. The van der Waals surface area contributed by atoms with E-state index in [1.54, 1.807) is 6.07 Å². The number of rotatable bonds is 4. The van der Waals surface area contributed by atoms with Crippen molar-refractivity contribution in [3.05, 3.63) is 57.6 Å². The third-order valence-corrected chi connectivity index (χ3v) is 3.39. The number of aryl methyl sites for hydroxylation is 1. The highest BCUT2D eigenvalue weighted by molar-refractivity contribution is 5.88. The summed E-state index contributed by atoms with van der Waals surface area (Å²) in [5, 5.41) is 11.2. The summed E-state index contributed by atoms with van der Waals surface area (Å²) in [6.45, 7) is 2.14. The van der Waals surface area contributed by atoms with E-state index in [0.717, 1.165) is 17.7 Å². The van der Waals surface area contributed by atoms with Crippen molar-refractivity contribution in [1.82, 2.24) is 0 Å². The fourth-order valence-electron chi connectivity index (χ4n) is 2.21. The molecule has 0 bridgehead atoms. The van der Waals surface area contributed by atoms with E-state index in [9.17, 15) is 10.1 Å². The summed E-state index contributed by atoms with van der Waals surface area (Å²) in [5.74, 6) is 0.881. The summed E-state index contributed by atoms with van der Waals surface area (Å²) in [6, 6.07) is 10.7. The molecule has 1 aliphatic rings. The Hall–Kier alpha value is -2.89. The molecule has 0 spiro atoms. The van der Waals surface area contributed by atoms with Gasteiger partial charge >= 0.3 is 0 Å². The Labute approximate surface area is 127 Å². The highest BCUT2D eigenvalue weighted by Gasteiger charge is 2.22. The smallest absolute Gasteiger partial charge is 0.282 e. The Morgan fingerprint density at radius 3 is 2.77 bits per heavy atom. The van der Waals surface area contributed by atoms with Crippen LogP contribution in [0.2, 0.25) is 0 Å². The Balaban J connectivity index is 1.97. The summed E-state index contributed by atoms with van der Waals surface area (Å²) >= 11 is 0. The van der Waals surface area contributed by atoms with Crippen LogP contribution in [0.25, 0.3) is 0 Å². The van der Waals surface area contributed by atoms with Crippen molar-refractivity contribution in [2.24, 2.45) is 4.99 Å². The molecule has 0 amide bonds. The molecule has 2 aromatic carbocycles. The predicted octanol–water partition coefficient (Wildman–Crippen LogP) is 3.64. The standard InChI is InChI=1S/C16H14N2O4/c1-2-11-4-3-5-13(6-11)17-9-12-7-15-16(22-10-21-15)8-14(12)18(19)20/h3-9H,2,10H2,1H3. The molecule has 0 N–H and O–H groups in total. The molecule has 0 unspecified atom stereocenters. The van der Waals surface area contributed by atoms with Crippen molar-refractivity contribution >= 4 is 17.6 Å². The van der Waals surface area contributed by atoms with Gasteiger partial charge < -0.3 is 9.47 Å². The van der Waals surface area contributed by atoms with Gasteiger partial charge in [-0.25, -0.2) is 0 Å². The maximum Gasteiger partial charge on any atom is 0.282 e. The lowest BCUT2D eigenvalue weighted by atomic mass is 10.1. The van der Waals surface area contributed by atoms with Gasteiger partial charge in [-0.05, 0) is 30.2 Å². The Morgan fingerprint density at radius 1 is 1.27 bits per heavy atom. The van der Waals surface area contributed by atoms with Gasteiger partial charge in [-0.15, -0.1) is 0 Å². The molecule has 3 rings (SSSR count). The molecular weight excluding hydrogens is 284 g/mol. The first-order chi connectivity index (χ1) is 10.7. The van der Waals surface area contributed by atoms with Crippen molar-refractivity contribution in [2.45, 2.75) is 13.3 Å². The number of nitro groups is 1. The van der Waals surface area contributed by atoms with Crippen molar-refractivity contribution < 1.29 is 14.4 Å². The maximum atomic E-state index is 11.2. The van der Waals surface area contributed by atoms with Crippen LogP contribution < -0.4 is 9.47 Å². The van der Waals surface area contributed by atoms with E-state index >= 15 is 0 Å². The normalized spacial score (nSPS) is 12.8. The number of benzene rings is 2. The van der Waals surface area contributed by atoms with Gasteiger partial charge in [-0.3, -0.25) is 15.1 Å². The SMILES string of the molecule is CCc1cccc(N=Cc2cc3c(cc2[N+](=O)[O-])OCO3)c1. The van der Waals surface area contributed by atoms with Crippen LogP contribution in [-0.2, 0) is 6.42 Å². The van der Waals surface area contributed by atoms with Gasteiger partial charge in [0.15, 0.2) is 11.5 Å². The zero-order valence-electron chi connectivity index (χ0n) is 12.0. The van der Waals surface area contributed by atoms with Crippen LogP contribution in [0.1, 0.15) is 18.1 Å². The molecule has 112 valence electrons. The number of fused-ring (bicyclic) bond motifs is 1. The molecule has 0 aromatic heterocycles. The van der Waals surface area contributed by atoms with Crippen LogP contribution in [0, 0.1) is 10.1 Å². The van der Waals surface area contributed by atoms with E-state index in [1.807, 2.05) is 24.3 Å². The maximum absolute atomic E-state index is 11.2. The number of hydrogen-bond acceptors (Lipinski definition) is 5. The summed E-state index contributed by atoms with van der Waals surface area (Å²) in [4.78, 5) is 15.1. The van der Waals surface area contributed by atoms with E-state index in [2.05, 4.69) is 11.9 Å². The molecule has 0 fully saturated rings. The molecule has 6 nitrogen and oxygen atoms in total. The van der Waals surface area contributed by atoms with Crippen LogP contribution in [-0.4, -0.2) is 17.9 Å². The van der Waals surface area contributed by atoms with E-state index in [4.69, 9.17) is 9.47 Å². The van der Waals surface area contributed by atoms with Gasteiger partial charge in [0.2, 0.25) is 6.79 Å². The van der Waals surface area contributed by atoms with Crippen molar-refractivity contribution in [3.63, 3.8) is 0 Å². The quantitative estimate of drug-likeness (QED) is 0.490. The molecule has 0 radical (unpaired) electrons. The van der Waals surface area contributed by atoms with Gasteiger partial charge in [0.1, 0.15) is 0 Å². The highest BCUT2D eigenvalue weighted by Crippen LogP contribution is 2.37. The molecular formula is C16H14N2O4. The van der Waals surface area contributed by atoms with Crippen LogP contribution >= 0.6 is 0 Å². The fraction of sp³-hybridized carbons (Fsp3) is 0.188. The minimum absolute atomic E-state index is 0.0559. The first kappa shape index (κ1) is 14.1. The van der Waals surface area contributed by atoms with Crippen molar-refractivity contribution in [3.8, 4) is 11.5 Å². The fourth-order valence-corrected chi connectivity index (χ4v) is 2.21. The van der Waals surface area contributed by atoms with Crippen LogP contribution in [0.5, 0.6) is 11.5 Å². The van der Waals surface area contributed by atoms with E-state index < -0.39 is 4.92 Å². The zero-order chi connectivity index (χ0) is 15.5. The average molecular weight is 298 g/mol. The van der Waals surface area contributed by atoms with Gasteiger partial charge in [-0.1, -0.05) is 19.1 Å². The molecule has 2 aromatic rings. The third-order valence-electron chi connectivity index (χ3n) is 3.39. The summed E-state index contributed by atoms with van der Waals surface area (Å²) in [6.07, 6.45) is 2.39. The lowest BCUT2D eigenvalue weighted by Crippen LogP contribution is -1.94. The first-order valence-electron chi connectivity index (χ1n) is 6.88. The zero-order valence-corrected chi connectivity index (χ0v) is 12.0. The van der Waals surface area contributed by atoms with Crippen LogP contribution in [0.3, 0.4) is 0 Å². The van der Waals surface area contributed by atoms with Crippen LogP contribution in [0.4, 0.5) is 11.4 Å². The predicted molar refractivity (Wildman–Crippen MR) is 82.3 cm³/mol. The average Bonchev–Trinajstić information content (AvgIpc) is 2.99. The van der Waals surface area contributed by atoms with Crippen molar-refractivity contribution in [1.29, 1.82) is 0 Å². The van der Waals surface area contributed by atoms with E-state index in [1.165, 1.54) is 12.3 Å². The molecule has 0 saturated heterocycles. The van der Waals surface area contributed by atoms with E-state index in [-0.39, 0.29) is 12.5 Å². The second kappa shape index (κ2) is 5.85. The number of ether oxygens (including phenoxy) is 2. The van der Waals surface area contributed by atoms with Crippen molar-refractivity contribution in [2.75, 3.05) is 6.79 Å². The van der Waals surface area contributed by atoms with E-state index in [0.29, 0.717) is 17.1 Å². The topological polar surface area (TPSA) is 74.0 Å². The molecule has 22 heavy (non-hydrogen) atoms. The number of aliphatic imine (C=N–C) groups is 1. The minimum Gasteiger partial charge on any atom is -0.454 e. The summed E-state index contributed by atoms with van der Waals surface area (Å²) < 4.78 is 10.4. The van der Waals surface area contributed by atoms with Gasteiger partial charge in [-0.2, -0.15) is 0 Å². The second-order valence-corrected chi connectivity index (χ2v) is 4.80. The number of hydrogen-bond donors (Lipinski definition) is 0. The molecule has 0 saturated carbocycles. The molecule has 0 aliphatic carbocycles. The second-order valence-electron chi connectivity index (χ2n) is 4.80. The molecule has 1 heterocycles. The largest absolute Gasteiger partial charge is 0.454 e. The van der Waals surface area contributed by atoms with Crippen LogP contribution in [0.15, 0.2) is 41.4 Å². The lowest BCUT2D eigenvalue weighted by Gasteiger charge is -2.01.